The lowest BCUT2D eigenvalue weighted by Gasteiger charge is -2.31. The van der Waals surface area contributed by atoms with Crippen LogP contribution in [0.15, 0.2) is 116 Å². The summed E-state index contributed by atoms with van der Waals surface area (Å²) in [6.07, 6.45) is 7.27. The van der Waals surface area contributed by atoms with Gasteiger partial charge in [0.15, 0.2) is 0 Å². The summed E-state index contributed by atoms with van der Waals surface area (Å²) < 4.78 is 0. The number of hydrogen-bond acceptors (Lipinski definition) is 7. The third kappa shape index (κ3) is 7.73. The van der Waals surface area contributed by atoms with Crippen molar-refractivity contribution < 1.29 is 9.59 Å². The Morgan fingerprint density at radius 3 is 1.93 bits per heavy atom. The number of H-pyrrole nitrogens is 2. The predicted molar refractivity (Wildman–Crippen MR) is 211 cm³/mol. The number of likely N-dealkylation sites (tertiary alicyclic amines) is 1. The van der Waals surface area contributed by atoms with Gasteiger partial charge in [-0.2, -0.15) is 0 Å². The summed E-state index contributed by atoms with van der Waals surface area (Å²) in [5.41, 5.74) is 7.39. The molecule has 0 saturated carbocycles. The van der Waals surface area contributed by atoms with E-state index in [1.165, 1.54) is 0 Å². The first-order valence-electron chi connectivity index (χ1n) is 18.4. The zero-order chi connectivity index (χ0) is 37.8. The van der Waals surface area contributed by atoms with Gasteiger partial charge in [-0.25, -0.2) is 9.97 Å². The van der Waals surface area contributed by atoms with E-state index >= 15 is 0 Å². The maximum atomic E-state index is 13.9. The minimum absolute atomic E-state index is 0.0859. The highest BCUT2D eigenvalue weighted by Gasteiger charge is 2.37. The van der Waals surface area contributed by atoms with Crippen molar-refractivity contribution in [2.75, 3.05) is 34.7 Å². The lowest BCUT2D eigenvalue weighted by molar-refractivity contribution is -0.137. The van der Waals surface area contributed by atoms with Gasteiger partial charge in [0.1, 0.15) is 23.7 Å². The van der Waals surface area contributed by atoms with Crippen LogP contribution in [-0.4, -0.2) is 86.2 Å². The van der Waals surface area contributed by atoms with E-state index in [1.54, 1.807) is 6.20 Å². The van der Waals surface area contributed by atoms with E-state index in [4.69, 9.17) is 9.97 Å². The number of aromatic amines is 2. The highest BCUT2D eigenvalue weighted by Crippen LogP contribution is 2.35. The number of nitrogens with zero attached hydrogens (tertiary/aromatic N) is 6. The molecule has 3 N–H and O–H groups in total. The molecule has 0 bridgehead atoms. The number of aromatic nitrogens is 5. The Balaban J connectivity index is 0.992. The molecule has 0 spiro atoms. The predicted octanol–water partition coefficient (Wildman–Crippen LogP) is 6.98. The maximum absolute atomic E-state index is 13.9. The second-order valence-electron chi connectivity index (χ2n) is 14.3. The molecule has 276 valence electrons. The number of nitrogens with one attached hydrogen (secondary N) is 3. The number of hydrogen-bond donors (Lipinski definition) is 3. The Morgan fingerprint density at radius 2 is 1.30 bits per heavy atom. The number of amides is 2. The topological polar surface area (TPSA) is 126 Å². The van der Waals surface area contributed by atoms with E-state index in [0.717, 1.165) is 63.6 Å². The zero-order valence-corrected chi connectivity index (χ0v) is 31.4. The van der Waals surface area contributed by atoms with Crippen molar-refractivity contribution in [3.63, 3.8) is 0 Å². The van der Waals surface area contributed by atoms with Crippen LogP contribution < -0.4 is 5.32 Å². The highest BCUT2D eigenvalue weighted by molar-refractivity contribution is 5.84. The van der Waals surface area contributed by atoms with Crippen LogP contribution in [0, 0.1) is 0 Å². The monoisotopic (exact) mass is 721 g/mol. The molecule has 0 unspecified atom stereocenters. The van der Waals surface area contributed by atoms with Gasteiger partial charge in [0, 0.05) is 23.9 Å². The lowest BCUT2D eigenvalue weighted by Crippen LogP contribution is -2.40. The summed E-state index contributed by atoms with van der Waals surface area (Å²) in [5.74, 6) is 1.49. The van der Waals surface area contributed by atoms with E-state index in [9.17, 15) is 9.59 Å². The Labute approximate surface area is 316 Å². The molecule has 0 radical (unpaired) electrons. The van der Waals surface area contributed by atoms with Crippen molar-refractivity contribution >= 4 is 11.8 Å². The molecule has 6 aromatic rings. The molecule has 3 aromatic carbocycles. The number of carbonyl (C=O) groups is 2. The molecule has 1 aliphatic heterocycles. The van der Waals surface area contributed by atoms with Gasteiger partial charge in [-0.15, -0.1) is 0 Å². The molecular formula is C43H47N9O2. The summed E-state index contributed by atoms with van der Waals surface area (Å²) in [4.78, 5) is 54.0. The molecule has 11 heteroatoms. The van der Waals surface area contributed by atoms with Crippen LogP contribution in [0.25, 0.3) is 33.8 Å². The largest absolute Gasteiger partial charge is 0.345 e. The van der Waals surface area contributed by atoms with Gasteiger partial charge in [-0.3, -0.25) is 24.4 Å². The molecule has 2 amide bonds. The number of imidazole rings is 2. The van der Waals surface area contributed by atoms with Crippen molar-refractivity contribution in [1.29, 1.82) is 0 Å². The van der Waals surface area contributed by atoms with Crippen molar-refractivity contribution in [1.82, 2.24) is 44.9 Å². The number of rotatable bonds is 12. The summed E-state index contributed by atoms with van der Waals surface area (Å²) in [5, 5.41) is 3.12. The zero-order valence-electron chi connectivity index (χ0n) is 31.4. The van der Waals surface area contributed by atoms with E-state index in [1.807, 2.05) is 159 Å². The van der Waals surface area contributed by atoms with E-state index < -0.39 is 6.04 Å². The number of pyridine rings is 1. The Bertz CT molecular complexity index is 2160. The van der Waals surface area contributed by atoms with Gasteiger partial charge >= 0.3 is 0 Å². The van der Waals surface area contributed by atoms with Crippen LogP contribution in [-0.2, 0) is 9.59 Å². The van der Waals surface area contributed by atoms with Crippen LogP contribution in [0.3, 0.4) is 0 Å². The molecule has 3 aromatic heterocycles. The number of benzene rings is 3. The lowest BCUT2D eigenvalue weighted by atomic mass is 10.0. The maximum Gasteiger partial charge on any atom is 0.245 e. The van der Waals surface area contributed by atoms with Crippen LogP contribution in [0.2, 0.25) is 0 Å². The molecule has 1 aliphatic rings. The highest BCUT2D eigenvalue weighted by atomic mass is 16.2. The molecular weight excluding hydrogens is 675 g/mol. The minimum atomic E-state index is -0.406. The minimum Gasteiger partial charge on any atom is -0.345 e. The summed E-state index contributed by atoms with van der Waals surface area (Å²) in [6, 6.07) is 30.7. The van der Waals surface area contributed by atoms with Crippen molar-refractivity contribution in [3.05, 3.63) is 138 Å². The van der Waals surface area contributed by atoms with Crippen LogP contribution >= 0.6 is 0 Å². The van der Waals surface area contributed by atoms with Crippen molar-refractivity contribution in [2.24, 2.45) is 0 Å². The standard InChI is InChI=1S/C43H47N9O2/c1-28(47-42(53)38(50(2)3)31-13-8-6-9-14-31)40-45-26-35(48-40)30-20-18-29(19-21-30)34-23-22-33(25-44-34)36-27-46-41(49-36)37-17-12-24-52(37)43(54)39(51(4)5)32-15-10-7-11-16-32/h6-11,13-16,18-23,25-28,37-39H,12,17,24H2,1-5H3,(H,45,48)(H,46,49)(H,47,53)/t28-,37+,38+,39+/m0/s1. The fraction of sp³-hybridized carbons (Fsp3) is 0.279. The van der Waals surface area contributed by atoms with Gasteiger partial charge in [-0.1, -0.05) is 84.9 Å². The molecule has 1 fully saturated rings. The molecule has 4 heterocycles. The average Bonchev–Trinajstić information content (AvgIpc) is 3.98. The number of likely N-dealkylation sites (N-methyl/N-ethyl adjacent to an activating group) is 2. The summed E-state index contributed by atoms with van der Waals surface area (Å²) >= 11 is 0. The first-order chi connectivity index (χ1) is 26.2. The smallest absolute Gasteiger partial charge is 0.245 e. The molecule has 0 aliphatic carbocycles. The van der Waals surface area contributed by atoms with Gasteiger partial charge in [0.25, 0.3) is 0 Å². The first kappa shape index (κ1) is 36.4. The fourth-order valence-electron chi connectivity index (χ4n) is 7.35. The van der Waals surface area contributed by atoms with Crippen LogP contribution in [0.5, 0.6) is 0 Å². The normalized spacial score (nSPS) is 16.1. The van der Waals surface area contributed by atoms with Crippen molar-refractivity contribution in [3.8, 4) is 33.8 Å². The second kappa shape index (κ2) is 16.0. The van der Waals surface area contributed by atoms with Gasteiger partial charge < -0.3 is 20.2 Å². The summed E-state index contributed by atoms with van der Waals surface area (Å²) in [6.45, 7) is 2.63. The van der Waals surface area contributed by atoms with Crippen LogP contribution in [0.4, 0.5) is 0 Å². The quantitative estimate of drug-likeness (QED) is 0.125. The molecule has 1 saturated heterocycles. The number of carbonyl (C=O) groups excluding carboxylic acids is 2. The van der Waals surface area contributed by atoms with Crippen LogP contribution in [0.1, 0.15) is 66.7 Å². The Kier molecular flexibility index (Phi) is 10.8. The molecule has 11 nitrogen and oxygen atoms in total. The Hall–Kier alpha value is -5.91. The van der Waals surface area contributed by atoms with Gasteiger partial charge in [0.2, 0.25) is 11.8 Å². The second-order valence-corrected chi connectivity index (χ2v) is 14.3. The van der Waals surface area contributed by atoms with Crippen molar-refractivity contribution in [2.45, 2.75) is 43.9 Å². The summed E-state index contributed by atoms with van der Waals surface area (Å²) in [7, 11) is 7.70. The molecule has 54 heavy (non-hydrogen) atoms. The average molecular weight is 722 g/mol. The third-order valence-corrected chi connectivity index (χ3v) is 10.1. The third-order valence-electron chi connectivity index (χ3n) is 10.1. The van der Waals surface area contributed by atoms with Gasteiger partial charge in [0.05, 0.1) is 41.6 Å². The van der Waals surface area contributed by atoms with Gasteiger partial charge in [-0.05, 0) is 76.8 Å². The van der Waals surface area contributed by atoms with E-state index in [2.05, 4.69) is 20.3 Å². The van der Waals surface area contributed by atoms with E-state index in [0.29, 0.717) is 12.4 Å². The Morgan fingerprint density at radius 1 is 0.704 bits per heavy atom. The SMILES string of the molecule is C[C@H](NC(=O)[C@@H](c1ccccc1)N(C)C)c1ncc(-c2ccc(-c3ccc(-c4cnc([C@H]5CCCN5C(=O)[C@@H](c5ccccc5)N(C)C)[nH]4)cn3)cc2)[nH]1. The molecule has 4 atom stereocenters. The fourth-order valence-corrected chi connectivity index (χ4v) is 7.35. The first-order valence-corrected chi connectivity index (χ1v) is 18.4. The van der Waals surface area contributed by atoms with E-state index in [-0.39, 0.29) is 29.9 Å². The molecule has 7 rings (SSSR count).